The van der Waals surface area contributed by atoms with Gasteiger partial charge in [-0.1, -0.05) is 47.0 Å². The van der Waals surface area contributed by atoms with Gasteiger partial charge in [0, 0.05) is 0 Å². The van der Waals surface area contributed by atoms with Gasteiger partial charge < -0.3 is 4.74 Å². The Morgan fingerprint density at radius 2 is 1.89 bits per heavy atom. The summed E-state index contributed by atoms with van der Waals surface area (Å²) in [4.78, 5) is 17.4. The number of carbonyl (C=O) groups excluding carboxylic acids is 1. The molecule has 0 heterocycles. The normalized spacial score (nSPS) is 12.5. The van der Waals surface area contributed by atoms with Gasteiger partial charge in [0.1, 0.15) is 0 Å². The molecule has 0 aromatic carbocycles. The molecule has 19 heavy (non-hydrogen) atoms. The molecule has 4 heteroatoms. The first-order valence-corrected chi connectivity index (χ1v) is 7.62. The Kier molecular flexibility index (Phi) is 10.6. The second-order valence-electron chi connectivity index (χ2n) is 5.37. The molecule has 0 rings (SSSR count). The van der Waals surface area contributed by atoms with E-state index in [9.17, 15) is 4.79 Å². The van der Waals surface area contributed by atoms with Gasteiger partial charge in [-0.05, 0) is 25.2 Å². The van der Waals surface area contributed by atoms with Crippen LogP contribution in [0.1, 0.15) is 60.3 Å². The van der Waals surface area contributed by atoms with E-state index in [0.29, 0.717) is 31.6 Å². The fourth-order valence-electron chi connectivity index (χ4n) is 1.77. The third-order valence-corrected chi connectivity index (χ3v) is 3.00. The Bertz CT molecular complexity index is 231. The van der Waals surface area contributed by atoms with Crippen molar-refractivity contribution in [2.24, 2.45) is 11.8 Å². The molecule has 0 radical (unpaired) electrons. The molecule has 0 fully saturated rings. The third-order valence-electron chi connectivity index (χ3n) is 3.00. The second kappa shape index (κ2) is 11.1. The van der Waals surface area contributed by atoms with Crippen molar-refractivity contribution in [2.75, 3.05) is 19.8 Å². The number of ether oxygens (including phenoxy) is 1. The van der Waals surface area contributed by atoms with E-state index in [0.717, 1.165) is 12.8 Å². The maximum Gasteiger partial charge on any atom is 0.433 e. The van der Waals surface area contributed by atoms with Crippen LogP contribution in [0, 0.1) is 11.8 Å². The topological polar surface area (TPSA) is 38.8 Å². The molecule has 0 aromatic rings. The van der Waals surface area contributed by atoms with E-state index in [2.05, 4.69) is 27.7 Å². The summed E-state index contributed by atoms with van der Waals surface area (Å²) in [6, 6.07) is 0. The molecule has 0 aliphatic rings. The molecular formula is C15H31NO3. The Morgan fingerprint density at radius 3 is 2.37 bits per heavy atom. The Balaban J connectivity index is 4.39. The minimum atomic E-state index is -0.363. The van der Waals surface area contributed by atoms with Gasteiger partial charge in [-0.2, -0.15) is 5.06 Å². The number of hydrogen-bond acceptors (Lipinski definition) is 3. The van der Waals surface area contributed by atoms with Gasteiger partial charge in [0.15, 0.2) is 0 Å². The van der Waals surface area contributed by atoms with E-state index in [4.69, 9.17) is 9.57 Å². The average molecular weight is 273 g/mol. The van der Waals surface area contributed by atoms with Crippen molar-refractivity contribution < 1.29 is 14.4 Å². The smallest absolute Gasteiger partial charge is 0.433 e. The minimum Gasteiger partial charge on any atom is -0.448 e. The third kappa shape index (κ3) is 8.87. The summed E-state index contributed by atoms with van der Waals surface area (Å²) >= 11 is 0. The summed E-state index contributed by atoms with van der Waals surface area (Å²) in [6.07, 6.45) is 4.20. The Hall–Kier alpha value is -0.770. The van der Waals surface area contributed by atoms with Crippen molar-refractivity contribution in [1.29, 1.82) is 0 Å². The number of nitrogens with zero attached hydrogens (tertiary/aromatic N) is 1. The highest BCUT2D eigenvalue weighted by molar-refractivity contribution is 5.66. The van der Waals surface area contributed by atoms with Crippen LogP contribution in [0.4, 0.5) is 4.79 Å². The molecule has 0 aliphatic heterocycles. The van der Waals surface area contributed by atoms with Crippen LogP contribution >= 0.6 is 0 Å². The fraction of sp³-hybridized carbons (Fsp3) is 0.933. The molecule has 4 nitrogen and oxygen atoms in total. The van der Waals surface area contributed by atoms with E-state index in [-0.39, 0.29) is 6.09 Å². The fourth-order valence-corrected chi connectivity index (χ4v) is 1.77. The minimum absolute atomic E-state index is 0.363. The monoisotopic (exact) mass is 273 g/mol. The molecule has 114 valence electrons. The van der Waals surface area contributed by atoms with E-state index < -0.39 is 0 Å². The van der Waals surface area contributed by atoms with Crippen molar-refractivity contribution >= 4 is 6.09 Å². The molecule has 0 saturated carbocycles. The predicted molar refractivity (Wildman–Crippen MR) is 77.8 cm³/mol. The van der Waals surface area contributed by atoms with Gasteiger partial charge in [0.2, 0.25) is 0 Å². The zero-order chi connectivity index (χ0) is 14.7. The van der Waals surface area contributed by atoms with E-state index in [1.54, 1.807) is 0 Å². The lowest BCUT2D eigenvalue weighted by atomic mass is 9.99. The quantitative estimate of drug-likeness (QED) is 0.559. The maximum absolute atomic E-state index is 11.9. The first kappa shape index (κ1) is 18.2. The predicted octanol–water partition coefficient (Wildman–Crippen LogP) is 4.25. The Labute approximate surface area is 118 Å². The van der Waals surface area contributed by atoms with Crippen LogP contribution in [0.5, 0.6) is 0 Å². The van der Waals surface area contributed by atoms with Gasteiger partial charge in [0.05, 0.1) is 19.8 Å². The van der Waals surface area contributed by atoms with Crippen LogP contribution in [0.3, 0.4) is 0 Å². The summed E-state index contributed by atoms with van der Waals surface area (Å²) in [5, 5.41) is 1.41. The number of unbranched alkanes of at least 4 members (excludes halogenated alkanes) is 1. The molecule has 0 N–H and O–H groups in total. The van der Waals surface area contributed by atoms with Crippen LogP contribution in [-0.2, 0) is 9.57 Å². The number of carbonyl (C=O) groups is 1. The van der Waals surface area contributed by atoms with Crippen LogP contribution in [-0.4, -0.2) is 30.9 Å². The van der Waals surface area contributed by atoms with E-state index in [1.165, 1.54) is 17.9 Å². The molecule has 0 aliphatic carbocycles. The lowest BCUT2D eigenvalue weighted by Gasteiger charge is -2.26. The molecular weight excluding hydrogens is 242 g/mol. The Morgan fingerprint density at radius 1 is 1.21 bits per heavy atom. The van der Waals surface area contributed by atoms with Crippen molar-refractivity contribution in [2.45, 2.75) is 60.3 Å². The first-order valence-electron chi connectivity index (χ1n) is 7.62. The molecule has 1 amide bonds. The van der Waals surface area contributed by atoms with Crippen molar-refractivity contribution in [1.82, 2.24) is 5.06 Å². The highest BCUT2D eigenvalue weighted by Gasteiger charge is 2.20. The summed E-state index contributed by atoms with van der Waals surface area (Å²) in [5.74, 6) is 0.879. The highest BCUT2D eigenvalue weighted by atomic mass is 16.7. The largest absolute Gasteiger partial charge is 0.448 e. The molecule has 1 unspecified atom stereocenters. The summed E-state index contributed by atoms with van der Waals surface area (Å²) in [5.41, 5.74) is 0. The number of amides is 1. The second-order valence-corrected chi connectivity index (χ2v) is 5.37. The van der Waals surface area contributed by atoms with Crippen molar-refractivity contribution in [3.63, 3.8) is 0 Å². The van der Waals surface area contributed by atoms with Gasteiger partial charge in [-0.3, -0.25) is 4.84 Å². The lowest BCUT2D eigenvalue weighted by molar-refractivity contribution is -0.151. The number of hydroxylamine groups is 2. The maximum atomic E-state index is 11.9. The number of hydrogen-bond donors (Lipinski definition) is 0. The van der Waals surface area contributed by atoms with Gasteiger partial charge in [-0.15, -0.1) is 0 Å². The zero-order valence-electron chi connectivity index (χ0n) is 13.3. The molecule has 0 spiro atoms. The lowest BCUT2D eigenvalue weighted by Crippen LogP contribution is -2.37. The summed E-state index contributed by atoms with van der Waals surface area (Å²) in [6.45, 7) is 11.8. The number of rotatable bonds is 10. The van der Waals surface area contributed by atoms with Gasteiger partial charge in [0.25, 0.3) is 0 Å². The van der Waals surface area contributed by atoms with Crippen LogP contribution in [0.25, 0.3) is 0 Å². The molecule has 0 bridgehead atoms. The molecule has 1 atom stereocenters. The SMILES string of the molecule is CCCCC(CC)CN(OCC(C)C)C(=O)OCC. The van der Waals surface area contributed by atoms with Gasteiger partial charge >= 0.3 is 6.09 Å². The van der Waals surface area contributed by atoms with Crippen molar-refractivity contribution in [3.05, 3.63) is 0 Å². The first-order chi connectivity index (χ1) is 9.04. The van der Waals surface area contributed by atoms with Crippen molar-refractivity contribution in [3.8, 4) is 0 Å². The van der Waals surface area contributed by atoms with Crippen LogP contribution in [0.15, 0.2) is 0 Å². The highest BCUT2D eigenvalue weighted by Crippen LogP contribution is 2.15. The van der Waals surface area contributed by atoms with E-state index >= 15 is 0 Å². The van der Waals surface area contributed by atoms with E-state index in [1.807, 2.05) is 6.92 Å². The van der Waals surface area contributed by atoms with Gasteiger partial charge in [-0.25, -0.2) is 4.79 Å². The average Bonchev–Trinajstić information content (AvgIpc) is 2.38. The van der Waals surface area contributed by atoms with Crippen LogP contribution < -0.4 is 0 Å². The summed E-state index contributed by atoms with van der Waals surface area (Å²) < 4.78 is 5.05. The molecule has 0 saturated heterocycles. The van der Waals surface area contributed by atoms with Crippen LogP contribution in [0.2, 0.25) is 0 Å². The standard InChI is InChI=1S/C15H31NO3/c1-6-9-10-14(7-2)11-16(15(17)18-8-3)19-12-13(4)5/h13-14H,6-12H2,1-5H3. The zero-order valence-corrected chi connectivity index (χ0v) is 13.3. The summed E-state index contributed by atoms with van der Waals surface area (Å²) in [7, 11) is 0. The molecule has 0 aromatic heterocycles.